The highest BCUT2D eigenvalue weighted by Gasteiger charge is 2.31. The molecule has 0 saturated carbocycles. The Labute approximate surface area is 89.2 Å². The van der Waals surface area contributed by atoms with Gasteiger partial charge in [0, 0.05) is 30.6 Å². The van der Waals surface area contributed by atoms with E-state index >= 15 is 0 Å². The Hall–Kier alpha value is -0.570. The summed E-state index contributed by atoms with van der Waals surface area (Å²) in [6.07, 6.45) is 0. The van der Waals surface area contributed by atoms with Crippen LogP contribution in [0.25, 0.3) is 0 Å². The van der Waals surface area contributed by atoms with E-state index in [0.717, 1.165) is 18.2 Å². The number of rotatable bonds is 3. The fourth-order valence-corrected chi connectivity index (χ4v) is 2.06. The molecule has 1 N–H and O–H groups in total. The van der Waals surface area contributed by atoms with Gasteiger partial charge in [0.15, 0.2) is 0 Å². The van der Waals surface area contributed by atoms with E-state index < -0.39 is 0 Å². The molecule has 0 aliphatic carbocycles. The van der Waals surface area contributed by atoms with Gasteiger partial charge in [-0.2, -0.15) is 0 Å². The van der Waals surface area contributed by atoms with Gasteiger partial charge in [0.05, 0.1) is 6.61 Å². The average Bonchev–Trinajstić information content (AvgIpc) is 2.12. The molecule has 2 nitrogen and oxygen atoms in total. The summed E-state index contributed by atoms with van der Waals surface area (Å²) < 4.78 is 5.15. The molecule has 0 spiro atoms. The first-order valence-corrected chi connectivity index (χ1v) is 5.17. The van der Waals surface area contributed by atoms with Crippen LogP contribution >= 0.6 is 11.6 Å². The number of hydrogen-bond donors (Lipinski definition) is 1. The van der Waals surface area contributed by atoms with E-state index in [1.807, 2.05) is 18.2 Å². The Kier molecular flexibility index (Phi) is 3.06. The van der Waals surface area contributed by atoms with Gasteiger partial charge in [-0.05, 0) is 17.7 Å². The van der Waals surface area contributed by atoms with E-state index in [-0.39, 0.29) is 0 Å². The van der Waals surface area contributed by atoms with Gasteiger partial charge in [0.25, 0.3) is 0 Å². The minimum Gasteiger partial charge on any atom is -0.384 e. The zero-order valence-electron chi connectivity index (χ0n) is 8.16. The van der Waals surface area contributed by atoms with Crippen LogP contribution in [0.15, 0.2) is 24.3 Å². The third kappa shape index (κ3) is 1.92. The lowest BCUT2D eigenvalue weighted by Gasteiger charge is -2.38. The van der Waals surface area contributed by atoms with Crippen molar-refractivity contribution >= 4 is 11.6 Å². The van der Waals surface area contributed by atoms with Crippen molar-refractivity contribution < 1.29 is 4.74 Å². The summed E-state index contributed by atoms with van der Waals surface area (Å²) in [4.78, 5) is 0. The highest BCUT2D eigenvalue weighted by atomic mass is 35.5. The van der Waals surface area contributed by atoms with Crippen molar-refractivity contribution in [3.8, 4) is 0 Å². The molecule has 2 atom stereocenters. The van der Waals surface area contributed by atoms with Crippen LogP contribution in [0.3, 0.4) is 0 Å². The van der Waals surface area contributed by atoms with Crippen LogP contribution < -0.4 is 5.32 Å². The molecule has 14 heavy (non-hydrogen) atoms. The number of nitrogens with one attached hydrogen (secondary N) is 1. The Morgan fingerprint density at radius 3 is 3.00 bits per heavy atom. The first-order chi connectivity index (χ1) is 6.81. The van der Waals surface area contributed by atoms with E-state index in [9.17, 15) is 0 Å². The maximum Gasteiger partial charge on any atom is 0.0520 e. The molecule has 1 saturated heterocycles. The van der Waals surface area contributed by atoms with Crippen LogP contribution in [0.1, 0.15) is 11.6 Å². The highest BCUT2D eigenvalue weighted by molar-refractivity contribution is 6.30. The molecule has 1 aromatic rings. The molecule has 0 aromatic heterocycles. The average molecular weight is 212 g/mol. The number of ether oxygens (including phenoxy) is 1. The second kappa shape index (κ2) is 4.30. The second-order valence-corrected chi connectivity index (χ2v) is 4.09. The molecular weight excluding hydrogens is 198 g/mol. The minimum atomic E-state index is 0.411. The van der Waals surface area contributed by atoms with Crippen LogP contribution in [-0.4, -0.2) is 20.3 Å². The van der Waals surface area contributed by atoms with Crippen molar-refractivity contribution in [2.24, 2.45) is 5.92 Å². The molecule has 76 valence electrons. The summed E-state index contributed by atoms with van der Waals surface area (Å²) in [5, 5.41) is 4.18. The highest BCUT2D eigenvalue weighted by Crippen LogP contribution is 2.30. The normalized spacial score (nSPS) is 25.9. The van der Waals surface area contributed by atoms with Gasteiger partial charge in [0.1, 0.15) is 0 Å². The molecule has 1 aliphatic rings. The maximum atomic E-state index is 5.94. The zero-order valence-corrected chi connectivity index (χ0v) is 8.92. The molecule has 0 amide bonds. The lowest BCUT2D eigenvalue weighted by Crippen LogP contribution is -2.47. The quantitative estimate of drug-likeness (QED) is 0.828. The maximum absolute atomic E-state index is 5.94. The number of methoxy groups -OCH3 is 1. The van der Waals surface area contributed by atoms with E-state index in [4.69, 9.17) is 16.3 Å². The van der Waals surface area contributed by atoms with Gasteiger partial charge in [-0.25, -0.2) is 0 Å². The summed E-state index contributed by atoms with van der Waals surface area (Å²) in [7, 11) is 1.74. The third-order valence-corrected chi connectivity index (χ3v) is 2.89. The van der Waals surface area contributed by atoms with Crippen molar-refractivity contribution in [1.29, 1.82) is 0 Å². The van der Waals surface area contributed by atoms with Gasteiger partial charge in [0.2, 0.25) is 0 Å². The molecule has 3 heteroatoms. The second-order valence-electron chi connectivity index (χ2n) is 3.66. The fraction of sp³-hybridized carbons (Fsp3) is 0.455. The van der Waals surface area contributed by atoms with E-state index in [1.54, 1.807) is 7.11 Å². The fourth-order valence-electron chi connectivity index (χ4n) is 1.86. The molecular formula is C11H14ClNO. The largest absolute Gasteiger partial charge is 0.384 e. The van der Waals surface area contributed by atoms with Crippen molar-refractivity contribution in [1.82, 2.24) is 5.32 Å². The minimum absolute atomic E-state index is 0.411. The molecule has 0 radical (unpaired) electrons. The predicted octanol–water partition coefficient (Wildman–Crippen LogP) is 2.25. The summed E-state index contributed by atoms with van der Waals surface area (Å²) in [6, 6.07) is 8.41. The smallest absolute Gasteiger partial charge is 0.0520 e. The Bertz CT molecular complexity index is 316. The van der Waals surface area contributed by atoms with Crippen molar-refractivity contribution in [2.75, 3.05) is 20.3 Å². The summed E-state index contributed by atoms with van der Waals surface area (Å²) >= 11 is 5.94. The van der Waals surface area contributed by atoms with Gasteiger partial charge >= 0.3 is 0 Å². The van der Waals surface area contributed by atoms with Gasteiger partial charge in [-0.15, -0.1) is 0 Å². The van der Waals surface area contributed by atoms with Crippen LogP contribution in [0.5, 0.6) is 0 Å². The standard InChI is InChI=1S/C11H14ClNO/c1-14-7-9-6-13-11(9)8-3-2-4-10(12)5-8/h2-5,9,11,13H,6-7H2,1H3. The lowest BCUT2D eigenvalue weighted by atomic mass is 9.87. The topological polar surface area (TPSA) is 21.3 Å². The number of halogens is 1. The molecule has 2 unspecified atom stereocenters. The first kappa shape index (κ1) is 9.97. The van der Waals surface area contributed by atoms with Crippen LogP contribution in [0.2, 0.25) is 5.02 Å². The number of benzene rings is 1. The monoisotopic (exact) mass is 211 g/mol. The van der Waals surface area contributed by atoms with Crippen molar-refractivity contribution in [3.05, 3.63) is 34.9 Å². The number of hydrogen-bond acceptors (Lipinski definition) is 2. The summed E-state index contributed by atoms with van der Waals surface area (Å²) in [5.74, 6) is 0.582. The Morgan fingerprint density at radius 2 is 2.43 bits per heavy atom. The van der Waals surface area contributed by atoms with Gasteiger partial charge < -0.3 is 10.1 Å². The third-order valence-electron chi connectivity index (χ3n) is 2.66. The molecule has 1 heterocycles. The van der Waals surface area contributed by atoms with E-state index in [2.05, 4.69) is 11.4 Å². The first-order valence-electron chi connectivity index (χ1n) is 4.79. The van der Waals surface area contributed by atoms with Crippen LogP contribution in [-0.2, 0) is 4.74 Å². The lowest BCUT2D eigenvalue weighted by molar-refractivity contribution is 0.0883. The summed E-state index contributed by atoms with van der Waals surface area (Å²) in [6.45, 7) is 1.84. The zero-order chi connectivity index (χ0) is 9.97. The summed E-state index contributed by atoms with van der Waals surface area (Å²) in [5.41, 5.74) is 1.26. The van der Waals surface area contributed by atoms with Gasteiger partial charge in [-0.3, -0.25) is 0 Å². The predicted molar refractivity (Wildman–Crippen MR) is 57.6 cm³/mol. The molecule has 1 fully saturated rings. The van der Waals surface area contributed by atoms with E-state index in [1.165, 1.54) is 5.56 Å². The SMILES string of the molecule is COCC1CNC1c1cccc(Cl)c1. The van der Waals surface area contributed by atoms with Crippen molar-refractivity contribution in [2.45, 2.75) is 6.04 Å². The molecule has 1 aliphatic heterocycles. The Morgan fingerprint density at radius 1 is 1.57 bits per heavy atom. The van der Waals surface area contributed by atoms with Gasteiger partial charge in [-0.1, -0.05) is 23.7 Å². The Balaban J connectivity index is 2.08. The van der Waals surface area contributed by atoms with E-state index in [0.29, 0.717) is 12.0 Å². The molecule has 0 bridgehead atoms. The molecule has 1 aromatic carbocycles. The molecule has 2 rings (SSSR count). The van der Waals surface area contributed by atoms with Crippen LogP contribution in [0, 0.1) is 5.92 Å². The van der Waals surface area contributed by atoms with Crippen LogP contribution in [0.4, 0.5) is 0 Å². The van der Waals surface area contributed by atoms with Crippen molar-refractivity contribution in [3.63, 3.8) is 0 Å².